The molecular formula is C25H30N2O4. The van der Waals surface area contributed by atoms with Crippen LogP contribution in [0.1, 0.15) is 61.6 Å². The van der Waals surface area contributed by atoms with Gasteiger partial charge in [0.15, 0.2) is 6.10 Å². The van der Waals surface area contributed by atoms with Gasteiger partial charge in [0.1, 0.15) is 5.76 Å². The van der Waals surface area contributed by atoms with E-state index in [-0.39, 0.29) is 11.4 Å². The molecule has 4 aliphatic rings. The van der Waals surface area contributed by atoms with Gasteiger partial charge in [0.05, 0.1) is 18.4 Å². The number of para-hydroxylation sites is 1. The van der Waals surface area contributed by atoms with E-state index in [9.17, 15) is 9.59 Å². The molecule has 2 N–H and O–H groups in total. The summed E-state index contributed by atoms with van der Waals surface area (Å²) in [7, 11) is 0. The van der Waals surface area contributed by atoms with Crippen LogP contribution in [0.3, 0.4) is 0 Å². The SMILES string of the molecule is C[C@H](OC(=O)c1ccccc1NCc1ccco1)C(=O)NC12CC3CC(CC(C3)C1)C2. The summed E-state index contributed by atoms with van der Waals surface area (Å²) in [6, 6.07) is 10.8. The van der Waals surface area contributed by atoms with Crippen LogP contribution in [-0.4, -0.2) is 23.5 Å². The number of hydrogen-bond donors (Lipinski definition) is 2. The highest BCUT2D eigenvalue weighted by Crippen LogP contribution is 2.55. The standard InChI is InChI=1S/C25H30N2O4/c1-16(23(28)27-25-12-17-9-18(13-25)11-19(10-17)14-25)31-24(29)21-6-2-3-7-22(21)26-15-20-5-4-8-30-20/h2-8,16-19,26H,9-15H2,1H3,(H,27,28)/t16-,17?,18?,19?,25?/m0/s1. The van der Waals surface area contributed by atoms with E-state index in [2.05, 4.69) is 10.6 Å². The van der Waals surface area contributed by atoms with Crippen molar-refractivity contribution >= 4 is 17.6 Å². The lowest BCUT2D eigenvalue weighted by Crippen LogP contribution is -2.61. The highest BCUT2D eigenvalue weighted by molar-refractivity contribution is 5.97. The number of rotatable bonds is 7. The van der Waals surface area contributed by atoms with Crippen molar-refractivity contribution < 1.29 is 18.7 Å². The summed E-state index contributed by atoms with van der Waals surface area (Å²) >= 11 is 0. The first kappa shape index (κ1) is 20.2. The summed E-state index contributed by atoms with van der Waals surface area (Å²) < 4.78 is 10.9. The Balaban J connectivity index is 1.21. The van der Waals surface area contributed by atoms with E-state index in [0.717, 1.165) is 42.8 Å². The fourth-order valence-corrected chi connectivity index (χ4v) is 6.32. The van der Waals surface area contributed by atoms with E-state index < -0.39 is 12.1 Å². The number of benzene rings is 1. The predicted molar refractivity (Wildman–Crippen MR) is 116 cm³/mol. The number of nitrogens with one attached hydrogen (secondary N) is 2. The van der Waals surface area contributed by atoms with Gasteiger partial charge in [0.2, 0.25) is 0 Å². The summed E-state index contributed by atoms with van der Waals surface area (Å²) in [5, 5.41) is 6.50. The minimum Gasteiger partial charge on any atom is -0.467 e. The first-order valence-electron chi connectivity index (χ1n) is 11.4. The second-order valence-electron chi connectivity index (χ2n) is 9.71. The van der Waals surface area contributed by atoms with E-state index in [1.807, 2.05) is 24.3 Å². The Morgan fingerprint density at radius 3 is 2.39 bits per heavy atom. The van der Waals surface area contributed by atoms with Crippen molar-refractivity contribution in [1.29, 1.82) is 0 Å². The number of hydrogen-bond acceptors (Lipinski definition) is 5. The van der Waals surface area contributed by atoms with Gasteiger partial charge < -0.3 is 19.8 Å². The highest BCUT2D eigenvalue weighted by atomic mass is 16.5. The third kappa shape index (κ3) is 4.21. The Labute approximate surface area is 182 Å². The lowest BCUT2D eigenvalue weighted by molar-refractivity contribution is -0.134. The number of carbonyl (C=O) groups is 2. The summed E-state index contributed by atoms with van der Waals surface area (Å²) in [4.78, 5) is 25.8. The molecule has 1 atom stereocenters. The summed E-state index contributed by atoms with van der Waals surface area (Å²) in [6.07, 6.45) is 7.96. The molecule has 6 nitrogen and oxygen atoms in total. The quantitative estimate of drug-likeness (QED) is 0.641. The molecular weight excluding hydrogens is 392 g/mol. The van der Waals surface area contributed by atoms with E-state index in [1.165, 1.54) is 19.3 Å². The second kappa shape index (κ2) is 8.06. The van der Waals surface area contributed by atoms with Crippen molar-refractivity contribution in [3.63, 3.8) is 0 Å². The number of esters is 1. The maximum atomic E-state index is 12.9. The van der Waals surface area contributed by atoms with Crippen LogP contribution in [0, 0.1) is 17.8 Å². The van der Waals surface area contributed by atoms with Gasteiger partial charge in [-0.25, -0.2) is 4.79 Å². The van der Waals surface area contributed by atoms with Crippen molar-refractivity contribution in [2.24, 2.45) is 17.8 Å². The highest BCUT2D eigenvalue weighted by Gasteiger charge is 2.51. The molecule has 31 heavy (non-hydrogen) atoms. The van der Waals surface area contributed by atoms with Gasteiger partial charge >= 0.3 is 5.97 Å². The van der Waals surface area contributed by atoms with Crippen molar-refractivity contribution in [3.8, 4) is 0 Å². The van der Waals surface area contributed by atoms with Crippen molar-refractivity contribution in [3.05, 3.63) is 54.0 Å². The number of furan rings is 1. The number of ether oxygens (including phenoxy) is 1. The molecule has 0 aliphatic heterocycles. The van der Waals surface area contributed by atoms with Crippen LogP contribution in [0.4, 0.5) is 5.69 Å². The molecule has 4 aliphatic carbocycles. The molecule has 4 bridgehead atoms. The molecule has 4 saturated carbocycles. The molecule has 1 aromatic carbocycles. The first-order valence-corrected chi connectivity index (χ1v) is 11.4. The lowest BCUT2D eigenvalue weighted by Gasteiger charge is -2.57. The summed E-state index contributed by atoms with van der Waals surface area (Å²) in [5.41, 5.74) is 0.968. The third-order valence-corrected chi connectivity index (χ3v) is 7.26. The van der Waals surface area contributed by atoms with E-state index in [0.29, 0.717) is 17.8 Å². The third-order valence-electron chi connectivity index (χ3n) is 7.26. The minimum absolute atomic E-state index is 0.0883. The maximum absolute atomic E-state index is 12.9. The van der Waals surface area contributed by atoms with Crippen LogP contribution in [-0.2, 0) is 16.1 Å². The Hall–Kier alpha value is -2.76. The molecule has 0 spiro atoms. The molecule has 164 valence electrons. The van der Waals surface area contributed by atoms with E-state index in [4.69, 9.17) is 9.15 Å². The average Bonchev–Trinajstić information content (AvgIpc) is 3.24. The fraction of sp³-hybridized carbons (Fsp3) is 0.520. The summed E-state index contributed by atoms with van der Waals surface area (Å²) in [6.45, 7) is 2.12. The minimum atomic E-state index is -0.835. The average molecular weight is 423 g/mol. The Bertz CT molecular complexity index is 917. The van der Waals surface area contributed by atoms with E-state index in [1.54, 1.807) is 25.3 Å². The molecule has 0 saturated heterocycles. The van der Waals surface area contributed by atoms with Crippen molar-refractivity contribution in [2.75, 3.05) is 5.32 Å². The zero-order valence-corrected chi connectivity index (χ0v) is 17.9. The zero-order chi connectivity index (χ0) is 21.4. The molecule has 1 heterocycles. The maximum Gasteiger partial charge on any atom is 0.341 e. The van der Waals surface area contributed by atoms with Gasteiger partial charge in [-0.15, -0.1) is 0 Å². The monoisotopic (exact) mass is 422 g/mol. The van der Waals surface area contributed by atoms with Gasteiger partial charge in [0, 0.05) is 11.2 Å². The molecule has 4 fully saturated rings. The number of amides is 1. The molecule has 1 aromatic heterocycles. The number of anilines is 1. The molecule has 1 amide bonds. The van der Waals surface area contributed by atoms with Crippen LogP contribution in [0.15, 0.2) is 47.1 Å². The van der Waals surface area contributed by atoms with Gasteiger partial charge in [-0.1, -0.05) is 12.1 Å². The number of carbonyl (C=O) groups excluding carboxylic acids is 2. The first-order chi connectivity index (χ1) is 15.0. The molecule has 6 rings (SSSR count). The largest absolute Gasteiger partial charge is 0.467 e. The molecule has 6 heteroatoms. The van der Waals surface area contributed by atoms with Gasteiger partial charge in [-0.2, -0.15) is 0 Å². The zero-order valence-electron chi connectivity index (χ0n) is 17.9. The van der Waals surface area contributed by atoms with Gasteiger partial charge in [-0.05, 0) is 87.5 Å². The van der Waals surface area contributed by atoms with Crippen LogP contribution < -0.4 is 10.6 Å². The van der Waals surface area contributed by atoms with E-state index >= 15 is 0 Å². The van der Waals surface area contributed by atoms with Crippen molar-refractivity contribution in [1.82, 2.24) is 5.32 Å². The van der Waals surface area contributed by atoms with Crippen LogP contribution in [0.2, 0.25) is 0 Å². The van der Waals surface area contributed by atoms with Crippen LogP contribution in [0.25, 0.3) is 0 Å². The normalized spacial score (nSPS) is 29.4. The summed E-state index contributed by atoms with van der Waals surface area (Å²) in [5.74, 6) is 2.32. The molecule has 0 unspecified atom stereocenters. The molecule has 2 aromatic rings. The fourth-order valence-electron chi connectivity index (χ4n) is 6.32. The van der Waals surface area contributed by atoms with Crippen molar-refractivity contribution in [2.45, 2.75) is 63.6 Å². The Morgan fingerprint density at radius 1 is 1.06 bits per heavy atom. The predicted octanol–water partition coefficient (Wildman–Crippen LogP) is 4.52. The molecule has 0 radical (unpaired) electrons. The Kier molecular flexibility index (Phi) is 5.24. The van der Waals surface area contributed by atoms with Crippen LogP contribution >= 0.6 is 0 Å². The van der Waals surface area contributed by atoms with Gasteiger partial charge in [-0.3, -0.25) is 4.79 Å². The topological polar surface area (TPSA) is 80.6 Å². The van der Waals surface area contributed by atoms with Gasteiger partial charge in [0.25, 0.3) is 5.91 Å². The van der Waals surface area contributed by atoms with Crippen LogP contribution in [0.5, 0.6) is 0 Å². The smallest absolute Gasteiger partial charge is 0.341 e. The Morgan fingerprint density at radius 2 is 1.74 bits per heavy atom. The lowest BCUT2D eigenvalue weighted by atomic mass is 9.53. The second-order valence-corrected chi connectivity index (χ2v) is 9.71.